The van der Waals surface area contributed by atoms with Crippen LogP contribution in [-0.4, -0.2) is 51.3 Å². The average molecular weight is 315 g/mol. The fraction of sp³-hybridized carbons (Fsp3) is 0.333. The lowest BCUT2D eigenvalue weighted by molar-refractivity contribution is -0.121. The van der Waals surface area contributed by atoms with Gasteiger partial charge in [0.25, 0.3) is 0 Å². The summed E-state index contributed by atoms with van der Waals surface area (Å²) in [7, 11) is 0. The van der Waals surface area contributed by atoms with E-state index >= 15 is 0 Å². The zero-order valence-corrected chi connectivity index (χ0v) is 12.4. The first-order valence-electron chi connectivity index (χ1n) is 7.37. The highest BCUT2D eigenvalue weighted by molar-refractivity contribution is 5.95. The molecule has 0 aliphatic carbocycles. The third kappa shape index (κ3) is 3.65. The van der Waals surface area contributed by atoms with Gasteiger partial charge in [-0.15, -0.1) is 0 Å². The highest BCUT2D eigenvalue weighted by Crippen LogP contribution is 2.16. The van der Waals surface area contributed by atoms with Gasteiger partial charge >= 0.3 is 6.09 Å². The minimum Gasteiger partial charge on any atom is -0.449 e. The van der Waals surface area contributed by atoms with Crippen LogP contribution in [0.25, 0.3) is 0 Å². The molecule has 1 fully saturated rings. The molecule has 0 radical (unpaired) electrons. The quantitative estimate of drug-likeness (QED) is 0.863. The lowest BCUT2D eigenvalue weighted by atomic mass is 10.0. The number of nitrogens with zero attached hydrogens (tertiary/aromatic N) is 3. The number of benzene rings is 1. The van der Waals surface area contributed by atoms with Gasteiger partial charge < -0.3 is 4.74 Å². The molecule has 2 N–H and O–H groups in total. The van der Waals surface area contributed by atoms with Crippen molar-refractivity contribution in [1.29, 1.82) is 0 Å². The number of aromatic amines is 1. The van der Waals surface area contributed by atoms with Gasteiger partial charge in [-0.25, -0.2) is 9.89 Å². The Balaban J connectivity index is 1.80. The van der Waals surface area contributed by atoms with Crippen LogP contribution >= 0.6 is 0 Å². The lowest BCUT2D eigenvalue weighted by Gasteiger charge is -2.32. The first-order valence-corrected chi connectivity index (χ1v) is 7.37. The van der Waals surface area contributed by atoms with E-state index in [1.54, 1.807) is 0 Å². The topological polar surface area (TPSA) is 100 Å². The van der Waals surface area contributed by atoms with Gasteiger partial charge in [0.05, 0.1) is 6.61 Å². The molecular weight excluding hydrogens is 298 g/mol. The number of carbonyl (C=O) groups excluding carboxylic acids is 2. The van der Waals surface area contributed by atoms with Crippen molar-refractivity contribution in [2.45, 2.75) is 18.9 Å². The molecule has 23 heavy (non-hydrogen) atoms. The molecular formula is C15H17N5O3. The molecule has 1 aliphatic rings. The summed E-state index contributed by atoms with van der Waals surface area (Å²) >= 11 is 0. The number of aromatic nitrogens is 3. The van der Waals surface area contributed by atoms with Crippen molar-refractivity contribution >= 4 is 17.9 Å². The van der Waals surface area contributed by atoms with Gasteiger partial charge in [-0.1, -0.05) is 30.3 Å². The Morgan fingerprint density at radius 2 is 2.22 bits per heavy atom. The summed E-state index contributed by atoms with van der Waals surface area (Å²) in [5.74, 6) is -0.0807. The third-order valence-electron chi connectivity index (χ3n) is 3.61. The first kappa shape index (κ1) is 15.0. The molecule has 1 aliphatic heterocycles. The van der Waals surface area contributed by atoms with E-state index in [4.69, 9.17) is 4.74 Å². The molecule has 120 valence electrons. The highest BCUT2D eigenvalue weighted by atomic mass is 16.6. The van der Waals surface area contributed by atoms with Crippen LogP contribution in [0.3, 0.4) is 0 Å². The van der Waals surface area contributed by atoms with Gasteiger partial charge in [0.15, 0.2) is 0 Å². The standard InChI is InChI=1S/C15H17N5O3/c21-13(18-14-16-10-17-19-14)12(9-11-5-2-1-3-6-11)20-7-4-8-23-15(20)22/h1-3,5-6,10,12H,4,7-9H2,(H2,16,17,18,19,21)/t12-/m1/s1. The van der Waals surface area contributed by atoms with Gasteiger partial charge in [-0.3, -0.25) is 15.0 Å². The number of hydrogen-bond acceptors (Lipinski definition) is 5. The minimum atomic E-state index is -0.671. The summed E-state index contributed by atoms with van der Waals surface area (Å²) in [6.45, 7) is 0.872. The van der Waals surface area contributed by atoms with Gasteiger partial charge in [0.2, 0.25) is 11.9 Å². The summed E-state index contributed by atoms with van der Waals surface area (Å²) < 4.78 is 5.07. The number of anilines is 1. The third-order valence-corrected chi connectivity index (χ3v) is 3.61. The summed E-state index contributed by atoms with van der Waals surface area (Å²) in [6.07, 6.45) is 1.93. The molecule has 0 saturated carbocycles. The minimum absolute atomic E-state index is 0.249. The Kier molecular flexibility index (Phi) is 4.51. The molecule has 8 heteroatoms. The fourth-order valence-corrected chi connectivity index (χ4v) is 2.50. The van der Waals surface area contributed by atoms with Crippen LogP contribution in [0.4, 0.5) is 10.7 Å². The van der Waals surface area contributed by atoms with Crippen LogP contribution in [0.2, 0.25) is 0 Å². The molecule has 0 spiro atoms. The molecule has 3 rings (SSSR count). The van der Waals surface area contributed by atoms with Crippen LogP contribution < -0.4 is 5.32 Å². The number of ether oxygens (including phenoxy) is 1. The first-order chi connectivity index (χ1) is 11.2. The summed E-state index contributed by atoms with van der Waals surface area (Å²) in [4.78, 5) is 30.0. The van der Waals surface area contributed by atoms with E-state index in [1.165, 1.54) is 11.2 Å². The van der Waals surface area contributed by atoms with Crippen LogP contribution in [0.5, 0.6) is 0 Å². The Morgan fingerprint density at radius 3 is 2.91 bits per heavy atom. The van der Waals surface area contributed by atoms with E-state index < -0.39 is 12.1 Å². The van der Waals surface area contributed by atoms with E-state index in [2.05, 4.69) is 20.5 Å². The number of nitrogens with one attached hydrogen (secondary N) is 2. The molecule has 2 amide bonds. The Morgan fingerprint density at radius 1 is 1.39 bits per heavy atom. The number of rotatable bonds is 5. The van der Waals surface area contributed by atoms with Gasteiger partial charge in [0.1, 0.15) is 12.4 Å². The van der Waals surface area contributed by atoms with E-state index in [9.17, 15) is 9.59 Å². The molecule has 0 bridgehead atoms. The lowest BCUT2D eigenvalue weighted by Crippen LogP contribution is -2.51. The Bertz CT molecular complexity index is 659. The predicted octanol–water partition coefficient (Wildman–Crippen LogP) is 1.20. The van der Waals surface area contributed by atoms with E-state index in [1.807, 2.05) is 30.3 Å². The Labute approximate surface area is 132 Å². The molecule has 1 saturated heterocycles. The molecule has 1 aromatic carbocycles. The van der Waals surface area contributed by atoms with Crippen molar-refractivity contribution in [3.63, 3.8) is 0 Å². The van der Waals surface area contributed by atoms with E-state index in [0.717, 1.165) is 5.56 Å². The second-order valence-corrected chi connectivity index (χ2v) is 5.19. The molecule has 1 atom stereocenters. The van der Waals surface area contributed by atoms with Gasteiger partial charge in [-0.05, 0) is 12.0 Å². The summed E-state index contributed by atoms with van der Waals surface area (Å²) in [6, 6.07) is 8.87. The normalized spacial score (nSPS) is 15.8. The number of carbonyl (C=O) groups is 2. The Hall–Kier alpha value is -2.90. The maximum atomic E-state index is 12.6. The average Bonchev–Trinajstić information content (AvgIpc) is 3.07. The second-order valence-electron chi connectivity index (χ2n) is 5.19. The van der Waals surface area contributed by atoms with E-state index in [-0.39, 0.29) is 11.9 Å². The van der Waals surface area contributed by atoms with Crippen LogP contribution in [0.1, 0.15) is 12.0 Å². The number of amides is 2. The van der Waals surface area contributed by atoms with Crippen LogP contribution in [0.15, 0.2) is 36.7 Å². The molecule has 2 aromatic rings. The van der Waals surface area contributed by atoms with Crippen LogP contribution in [-0.2, 0) is 16.0 Å². The fourth-order valence-electron chi connectivity index (χ4n) is 2.50. The largest absolute Gasteiger partial charge is 0.449 e. The number of cyclic esters (lactones) is 1. The summed E-state index contributed by atoms with van der Waals surface area (Å²) in [5.41, 5.74) is 0.962. The van der Waals surface area contributed by atoms with Gasteiger partial charge in [-0.2, -0.15) is 10.1 Å². The zero-order valence-electron chi connectivity index (χ0n) is 12.4. The predicted molar refractivity (Wildman–Crippen MR) is 81.6 cm³/mol. The monoisotopic (exact) mass is 315 g/mol. The van der Waals surface area contributed by atoms with Crippen molar-refractivity contribution in [2.24, 2.45) is 0 Å². The zero-order chi connectivity index (χ0) is 16.1. The number of H-pyrrole nitrogens is 1. The van der Waals surface area contributed by atoms with Crippen molar-refractivity contribution in [1.82, 2.24) is 20.1 Å². The molecule has 0 unspecified atom stereocenters. The molecule has 8 nitrogen and oxygen atoms in total. The SMILES string of the molecule is O=C(Nc1ncn[nH]1)[C@@H](Cc1ccccc1)N1CCCOC1=O. The smallest absolute Gasteiger partial charge is 0.410 e. The van der Waals surface area contributed by atoms with Gasteiger partial charge in [0, 0.05) is 13.0 Å². The maximum absolute atomic E-state index is 12.6. The van der Waals surface area contributed by atoms with Crippen molar-refractivity contribution in [3.05, 3.63) is 42.2 Å². The molecule has 1 aromatic heterocycles. The van der Waals surface area contributed by atoms with Crippen molar-refractivity contribution < 1.29 is 14.3 Å². The van der Waals surface area contributed by atoms with Crippen molar-refractivity contribution in [3.8, 4) is 0 Å². The van der Waals surface area contributed by atoms with E-state index in [0.29, 0.717) is 26.0 Å². The summed E-state index contributed by atoms with van der Waals surface area (Å²) in [5, 5.41) is 8.91. The highest BCUT2D eigenvalue weighted by Gasteiger charge is 2.33. The second kappa shape index (κ2) is 6.91. The molecule has 2 heterocycles. The van der Waals surface area contributed by atoms with Crippen molar-refractivity contribution in [2.75, 3.05) is 18.5 Å². The maximum Gasteiger partial charge on any atom is 0.410 e. The van der Waals surface area contributed by atoms with Crippen LogP contribution in [0, 0.1) is 0 Å². The number of hydrogen-bond donors (Lipinski definition) is 2.